The van der Waals surface area contributed by atoms with Gasteiger partial charge in [0.05, 0.1) is 33.4 Å². The molecule has 0 atom stereocenters. The fourth-order valence-electron chi connectivity index (χ4n) is 12.6. The lowest BCUT2D eigenvalue weighted by atomic mass is 9.35. The molecule has 2 aliphatic heterocycles. The van der Waals surface area contributed by atoms with Crippen LogP contribution in [0.4, 0.5) is 34.1 Å². The van der Waals surface area contributed by atoms with Crippen LogP contribution in [-0.2, 0) is 0 Å². The first-order valence-electron chi connectivity index (χ1n) is 26.9. The van der Waals surface area contributed by atoms with Gasteiger partial charge in [0, 0.05) is 73.3 Å². The molecule has 0 fully saturated rings. The minimum absolute atomic E-state index is 0.186. The number of rotatable bonds is 9. The molecule has 14 aromatic rings. The Bertz CT molecular complexity index is 4400. The Morgan fingerprint density at radius 3 is 1.14 bits per heavy atom. The Kier molecular flexibility index (Phi) is 10.2. The van der Waals surface area contributed by atoms with Gasteiger partial charge < -0.3 is 28.4 Å². The third-order valence-electron chi connectivity index (χ3n) is 16.0. The van der Waals surface area contributed by atoms with Gasteiger partial charge in [0.1, 0.15) is 23.0 Å². The molecule has 0 saturated heterocycles. The number of para-hydroxylation sites is 8. The van der Waals surface area contributed by atoms with E-state index in [0.717, 1.165) is 118 Å². The van der Waals surface area contributed by atoms with Crippen LogP contribution in [0.3, 0.4) is 0 Å². The zero-order chi connectivity index (χ0) is 52.0. The second kappa shape index (κ2) is 18.1. The summed E-state index contributed by atoms with van der Waals surface area (Å²) in [6.45, 7) is -0.186. The number of anilines is 6. The Morgan fingerprint density at radius 1 is 0.291 bits per heavy atom. The van der Waals surface area contributed by atoms with Gasteiger partial charge in [-0.05, 0) is 119 Å². The van der Waals surface area contributed by atoms with Crippen molar-refractivity contribution in [3.05, 3.63) is 285 Å². The number of nitrogens with zero attached hydrogens (tertiary/aromatic N) is 4. The zero-order valence-corrected chi connectivity index (χ0v) is 42.8. The molecule has 0 amide bonds. The maximum absolute atomic E-state index is 7.26. The third kappa shape index (κ3) is 7.13. The number of hydrogen-bond donors (Lipinski definition) is 0. The fraction of sp³-hybridized carbons (Fsp3) is 0. The van der Waals surface area contributed by atoms with Gasteiger partial charge in [-0.1, -0.05) is 176 Å². The fourth-order valence-corrected chi connectivity index (χ4v) is 12.6. The van der Waals surface area contributed by atoms with Crippen molar-refractivity contribution in [2.75, 3.05) is 9.80 Å². The van der Waals surface area contributed by atoms with Crippen molar-refractivity contribution in [2.24, 2.45) is 0 Å². The van der Waals surface area contributed by atoms with E-state index in [-0.39, 0.29) is 6.71 Å². The largest absolute Gasteiger partial charge is 0.458 e. The van der Waals surface area contributed by atoms with Gasteiger partial charge in [0.25, 0.3) is 6.71 Å². The molecule has 0 N–H and O–H groups in total. The van der Waals surface area contributed by atoms with Crippen molar-refractivity contribution < 1.29 is 9.47 Å². The Labute approximate surface area is 457 Å². The summed E-state index contributed by atoms with van der Waals surface area (Å²) in [5.41, 5.74) is 18.2. The molecule has 0 bridgehead atoms. The predicted molar refractivity (Wildman–Crippen MR) is 328 cm³/mol. The molecule has 12 aromatic carbocycles. The molecule has 4 heterocycles. The maximum atomic E-state index is 7.26. The minimum Gasteiger partial charge on any atom is -0.458 e. The van der Waals surface area contributed by atoms with Crippen LogP contribution in [0.5, 0.6) is 23.0 Å². The van der Waals surface area contributed by atoms with E-state index in [1.54, 1.807) is 0 Å². The van der Waals surface area contributed by atoms with Gasteiger partial charge in [-0.3, -0.25) is 0 Å². The first-order chi connectivity index (χ1) is 39.2. The van der Waals surface area contributed by atoms with E-state index >= 15 is 0 Å². The lowest BCUT2D eigenvalue weighted by Gasteiger charge is -2.35. The van der Waals surface area contributed by atoms with Crippen molar-refractivity contribution in [1.29, 1.82) is 0 Å². The highest BCUT2D eigenvalue weighted by Gasteiger charge is 2.41. The summed E-state index contributed by atoms with van der Waals surface area (Å²) in [7, 11) is 0. The van der Waals surface area contributed by atoms with Crippen molar-refractivity contribution in [2.45, 2.75) is 0 Å². The van der Waals surface area contributed by atoms with Crippen LogP contribution in [0.1, 0.15) is 0 Å². The summed E-state index contributed by atoms with van der Waals surface area (Å²) >= 11 is 0. The van der Waals surface area contributed by atoms with Crippen molar-refractivity contribution in [3.8, 4) is 45.5 Å². The monoisotopic (exact) mass is 1010 g/mol. The Hall–Kier alpha value is -10.5. The number of benzene rings is 12. The van der Waals surface area contributed by atoms with Gasteiger partial charge >= 0.3 is 0 Å². The van der Waals surface area contributed by atoms with Crippen molar-refractivity contribution in [3.63, 3.8) is 0 Å². The molecule has 370 valence electrons. The molecule has 16 rings (SSSR count). The first-order valence-corrected chi connectivity index (χ1v) is 26.9. The SMILES string of the molecule is c1ccc(-c2cc3c4c(c2)Oc2cc(N(c5ccccc5)c5cccc6c7ccccc7n(-c7ccccc7)c56)ccc2B4c2ccc(N(c4ccccc4)c4cccc5c6ccccc6n(-c6ccccc6)c45)cc2O3)cc1. The van der Waals surface area contributed by atoms with Gasteiger partial charge in [-0.2, -0.15) is 0 Å². The van der Waals surface area contributed by atoms with Crippen LogP contribution in [0, 0.1) is 0 Å². The average molecular weight is 1010 g/mol. The third-order valence-corrected chi connectivity index (χ3v) is 16.0. The second-order valence-electron chi connectivity index (χ2n) is 20.4. The zero-order valence-electron chi connectivity index (χ0n) is 42.8. The predicted octanol–water partition coefficient (Wildman–Crippen LogP) is 17.2. The minimum atomic E-state index is -0.186. The number of hydrogen-bond acceptors (Lipinski definition) is 4. The van der Waals surface area contributed by atoms with E-state index in [0.29, 0.717) is 0 Å². The molecule has 0 radical (unpaired) electrons. The lowest BCUT2D eigenvalue weighted by molar-refractivity contribution is 0.465. The van der Waals surface area contributed by atoms with E-state index in [4.69, 9.17) is 9.47 Å². The van der Waals surface area contributed by atoms with E-state index in [9.17, 15) is 0 Å². The molecular weight excluding hydrogens is 964 g/mol. The van der Waals surface area contributed by atoms with Gasteiger partial charge in [-0.25, -0.2) is 0 Å². The van der Waals surface area contributed by atoms with Gasteiger partial charge in [0.2, 0.25) is 0 Å². The van der Waals surface area contributed by atoms with Crippen LogP contribution in [-0.4, -0.2) is 15.8 Å². The Balaban J connectivity index is 0.894. The molecule has 0 saturated carbocycles. The second-order valence-corrected chi connectivity index (χ2v) is 20.4. The highest BCUT2D eigenvalue weighted by atomic mass is 16.5. The molecule has 0 aliphatic carbocycles. The number of fused-ring (bicyclic) bond motifs is 10. The smallest absolute Gasteiger partial charge is 0.260 e. The molecule has 0 unspecified atom stereocenters. The van der Waals surface area contributed by atoms with E-state index in [2.05, 4.69) is 304 Å². The molecule has 79 heavy (non-hydrogen) atoms. The summed E-state index contributed by atoms with van der Waals surface area (Å²) in [4.78, 5) is 4.76. The van der Waals surface area contributed by atoms with Gasteiger partial charge in [0.15, 0.2) is 0 Å². The van der Waals surface area contributed by atoms with E-state index in [1.807, 2.05) is 0 Å². The van der Waals surface area contributed by atoms with E-state index < -0.39 is 0 Å². The highest BCUT2D eigenvalue weighted by molar-refractivity contribution is 6.98. The van der Waals surface area contributed by atoms with Gasteiger partial charge in [-0.15, -0.1) is 0 Å². The highest BCUT2D eigenvalue weighted by Crippen LogP contribution is 2.48. The van der Waals surface area contributed by atoms with Crippen LogP contribution in [0.2, 0.25) is 0 Å². The number of aromatic nitrogens is 2. The van der Waals surface area contributed by atoms with Crippen molar-refractivity contribution in [1.82, 2.24) is 9.13 Å². The summed E-state index contributed by atoms with van der Waals surface area (Å²) in [5, 5.41) is 4.77. The van der Waals surface area contributed by atoms with Crippen LogP contribution < -0.4 is 35.7 Å². The summed E-state index contributed by atoms with van der Waals surface area (Å²) < 4.78 is 19.3. The number of ether oxygens (including phenoxy) is 2. The first kappa shape index (κ1) is 44.8. The molecular formula is C72H47BN4O2. The standard InChI is InChI=1S/C72H47BN4O2/c1-6-22-48(23-7-1)49-44-68-70-69(45-49)79-67-47-55(75(51-26-10-3-11-27-51)65-39-21-35-59-57-33-17-19-37-63(57)77(72(59)65)53-30-14-5-15-31-53)41-43-61(67)73(70)60-42-40-54(46-66(60)78-68)74(50-24-8-2-9-25-50)64-38-20-34-58-56-32-16-18-36-62(56)76(71(58)64)52-28-12-4-13-29-52/h1-47H. The topological polar surface area (TPSA) is 34.8 Å². The summed E-state index contributed by atoms with van der Waals surface area (Å²) in [6, 6.07) is 102. The Morgan fingerprint density at radius 2 is 0.684 bits per heavy atom. The quantitative estimate of drug-likeness (QED) is 0.135. The van der Waals surface area contributed by atoms with Crippen LogP contribution >= 0.6 is 0 Å². The molecule has 2 aliphatic rings. The molecule has 0 spiro atoms. The molecule has 7 heteroatoms. The van der Waals surface area contributed by atoms with E-state index in [1.165, 1.54) is 21.5 Å². The van der Waals surface area contributed by atoms with Crippen LogP contribution in [0.25, 0.3) is 66.1 Å². The normalized spacial score (nSPS) is 12.2. The van der Waals surface area contributed by atoms with Crippen molar-refractivity contribution >= 4 is 101 Å². The summed E-state index contributed by atoms with van der Waals surface area (Å²) in [6.07, 6.45) is 0. The molecule has 6 nitrogen and oxygen atoms in total. The molecule has 2 aromatic heterocycles. The summed E-state index contributed by atoms with van der Waals surface area (Å²) in [5.74, 6) is 3.16. The maximum Gasteiger partial charge on any atom is 0.260 e. The van der Waals surface area contributed by atoms with Crippen LogP contribution in [0.15, 0.2) is 285 Å². The lowest BCUT2D eigenvalue weighted by Crippen LogP contribution is -2.57. The average Bonchev–Trinajstić information content (AvgIpc) is 4.25.